The van der Waals surface area contributed by atoms with E-state index in [1.54, 1.807) is 19.1 Å². The number of carbonyl (C=O) groups is 2. The predicted octanol–water partition coefficient (Wildman–Crippen LogP) is 3.06. The maximum absolute atomic E-state index is 14.0. The normalized spacial score (nSPS) is 14.0. The molecule has 0 spiro atoms. The van der Waals surface area contributed by atoms with Gasteiger partial charge >= 0.3 is 5.97 Å². The van der Waals surface area contributed by atoms with Gasteiger partial charge in [0, 0.05) is 30.8 Å². The van der Waals surface area contributed by atoms with E-state index in [2.05, 4.69) is 20.2 Å². The standard InChI is InChI=1S/C27H29FN4O5/c1-16-26(36)25(27(37)29-14-24(34)35)31-23(30-16)12-17-8-10-32(11-9-17)21-6-4-18(5-7-21)19-2-3-20(15-33)22(28)13-19/h2-7,13,17,33,36H,8-12,14-15H2,1H3,(H,29,37)(H,34,35). The molecule has 1 aliphatic heterocycles. The summed E-state index contributed by atoms with van der Waals surface area (Å²) in [5, 5.41) is 30.3. The predicted molar refractivity (Wildman–Crippen MR) is 135 cm³/mol. The maximum atomic E-state index is 14.0. The summed E-state index contributed by atoms with van der Waals surface area (Å²) in [4.78, 5) is 33.8. The number of carboxylic acid groups (broad SMARTS) is 1. The molecule has 194 valence electrons. The molecule has 1 aliphatic rings. The number of aromatic hydroxyl groups is 1. The minimum absolute atomic E-state index is 0.216. The Bertz CT molecular complexity index is 1290. The van der Waals surface area contributed by atoms with E-state index in [4.69, 9.17) is 10.2 Å². The Morgan fingerprint density at radius 3 is 2.38 bits per heavy atom. The first-order valence-electron chi connectivity index (χ1n) is 12.1. The molecule has 0 radical (unpaired) electrons. The fourth-order valence-electron chi connectivity index (χ4n) is 4.49. The first-order valence-corrected chi connectivity index (χ1v) is 12.1. The Labute approximate surface area is 213 Å². The number of hydrogen-bond donors (Lipinski definition) is 4. The van der Waals surface area contributed by atoms with Crippen LogP contribution >= 0.6 is 0 Å². The van der Waals surface area contributed by atoms with Crippen molar-refractivity contribution in [1.82, 2.24) is 15.3 Å². The van der Waals surface area contributed by atoms with Crippen molar-refractivity contribution in [1.29, 1.82) is 0 Å². The summed E-state index contributed by atoms with van der Waals surface area (Å²) < 4.78 is 14.0. The van der Waals surface area contributed by atoms with Crippen molar-refractivity contribution >= 4 is 17.6 Å². The molecule has 3 aromatic rings. The lowest BCUT2D eigenvalue weighted by atomic mass is 9.92. The number of piperidine rings is 1. The Morgan fingerprint density at radius 1 is 1.08 bits per heavy atom. The number of hydrogen-bond acceptors (Lipinski definition) is 7. The van der Waals surface area contributed by atoms with Crippen molar-refractivity contribution in [3.8, 4) is 16.9 Å². The van der Waals surface area contributed by atoms with Crippen LogP contribution in [0.4, 0.5) is 10.1 Å². The number of carboxylic acids is 1. The summed E-state index contributed by atoms with van der Waals surface area (Å²) in [6.07, 6.45) is 2.32. The van der Waals surface area contributed by atoms with E-state index in [0.717, 1.165) is 42.7 Å². The van der Waals surface area contributed by atoms with Crippen molar-refractivity contribution in [3.05, 3.63) is 71.1 Å². The first-order chi connectivity index (χ1) is 17.7. The van der Waals surface area contributed by atoms with Gasteiger partial charge in [0.25, 0.3) is 5.91 Å². The van der Waals surface area contributed by atoms with Gasteiger partial charge in [-0.3, -0.25) is 9.59 Å². The van der Waals surface area contributed by atoms with E-state index in [1.165, 1.54) is 6.07 Å². The van der Waals surface area contributed by atoms with Crippen LogP contribution in [0.1, 0.15) is 40.4 Å². The van der Waals surface area contributed by atoms with Gasteiger partial charge in [-0.05, 0) is 55.0 Å². The van der Waals surface area contributed by atoms with Crippen LogP contribution in [0.5, 0.6) is 5.75 Å². The number of aliphatic hydroxyl groups is 1. The number of benzene rings is 2. The zero-order valence-corrected chi connectivity index (χ0v) is 20.4. The summed E-state index contributed by atoms with van der Waals surface area (Å²) >= 11 is 0. The highest BCUT2D eigenvalue weighted by atomic mass is 19.1. The zero-order chi connectivity index (χ0) is 26.5. The number of aliphatic hydroxyl groups excluding tert-OH is 1. The van der Waals surface area contributed by atoms with Gasteiger partial charge in [0.2, 0.25) is 0 Å². The van der Waals surface area contributed by atoms with Gasteiger partial charge in [-0.1, -0.05) is 24.3 Å². The molecule has 4 rings (SSSR count). The van der Waals surface area contributed by atoms with Crippen LogP contribution in [-0.4, -0.2) is 56.8 Å². The van der Waals surface area contributed by atoms with Gasteiger partial charge in [-0.25, -0.2) is 14.4 Å². The molecule has 1 amide bonds. The number of aromatic nitrogens is 2. The van der Waals surface area contributed by atoms with Crippen molar-refractivity contribution in [2.75, 3.05) is 24.5 Å². The summed E-state index contributed by atoms with van der Waals surface area (Å²) in [6, 6.07) is 12.8. The molecule has 0 unspecified atom stereocenters. The van der Waals surface area contributed by atoms with Crippen molar-refractivity contribution < 1.29 is 29.3 Å². The molecule has 4 N–H and O–H groups in total. The maximum Gasteiger partial charge on any atom is 0.322 e. The molecule has 0 atom stereocenters. The van der Waals surface area contributed by atoms with Crippen LogP contribution in [0.25, 0.3) is 11.1 Å². The molecule has 1 saturated heterocycles. The number of aliphatic carboxylic acids is 1. The fourth-order valence-corrected chi connectivity index (χ4v) is 4.49. The number of halogens is 1. The minimum Gasteiger partial charge on any atom is -0.504 e. The highest BCUT2D eigenvalue weighted by molar-refractivity contribution is 5.96. The Morgan fingerprint density at radius 2 is 1.76 bits per heavy atom. The summed E-state index contributed by atoms with van der Waals surface area (Å²) in [5.41, 5.74) is 3.05. The van der Waals surface area contributed by atoms with Gasteiger partial charge in [0.1, 0.15) is 18.2 Å². The quantitative estimate of drug-likeness (QED) is 0.365. The van der Waals surface area contributed by atoms with Gasteiger partial charge in [0.05, 0.1) is 12.3 Å². The molecule has 1 aromatic heterocycles. The van der Waals surface area contributed by atoms with E-state index in [-0.39, 0.29) is 29.3 Å². The van der Waals surface area contributed by atoms with Crippen LogP contribution in [0, 0.1) is 18.7 Å². The molecule has 2 aromatic carbocycles. The van der Waals surface area contributed by atoms with Gasteiger partial charge in [-0.15, -0.1) is 0 Å². The molecule has 0 saturated carbocycles. The lowest BCUT2D eigenvalue weighted by molar-refractivity contribution is -0.135. The Hall–Kier alpha value is -4.05. The summed E-state index contributed by atoms with van der Waals surface area (Å²) in [7, 11) is 0. The summed E-state index contributed by atoms with van der Waals surface area (Å²) in [5.74, 6) is -1.98. The second-order valence-corrected chi connectivity index (χ2v) is 9.14. The van der Waals surface area contributed by atoms with Crippen LogP contribution in [0.3, 0.4) is 0 Å². The van der Waals surface area contributed by atoms with Crippen molar-refractivity contribution in [3.63, 3.8) is 0 Å². The molecule has 37 heavy (non-hydrogen) atoms. The molecule has 1 fully saturated rings. The molecule has 10 heteroatoms. The van der Waals surface area contributed by atoms with Crippen LogP contribution < -0.4 is 10.2 Å². The second kappa shape index (κ2) is 11.3. The topological polar surface area (TPSA) is 136 Å². The average molecular weight is 509 g/mol. The average Bonchev–Trinajstić information content (AvgIpc) is 2.89. The second-order valence-electron chi connectivity index (χ2n) is 9.14. The van der Waals surface area contributed by atoms with Gasteiger partial charge in [0.15, 0.2) is 11.4 Å². The minimum atomic E-state index is -1.19. The smallest absolute Gasteiger partial charge is 0.322 e. The number of rotatable bonds is 8. The Kier molecular flexibility index (Phi) is 7.98. The van der Waals surface area contributed by atoms with E-state index >= 15 is 0 Å². The fraction of sp³-hybridized carbons (Fsp3) is 0.333. The third-order valence-electron chi connectivity index (χ3n) is 6.59. The van der Waals surface area contributed by atoms with E-state index < -0.39 is 24.2 Å². The molecular weight excluding hydrogens is 479 g/mol. The zero-order valence-electron chi connectivity index (χ0n) is 20.4. The van der Waals surface area contributed by atoms with E-state index in [0.29, 0.717) is 18.2 Å². The van der Waals surface area contributed by atoms with E-state index in [9.17, 15) is 19.1 Å². The van der Waals surface area contributed by atoms with Gasteiger partial charge < -0.3 is 25.5 Å². The molecule has 0 aliphatic carbocycles. The summed E-state index contributed by atoms with van der Waals surface area (Å²) in [6.45, 7) is 2.33. The van der Waals surface area contributed by atoms with Gasteiger partial charge in [-0.2, -0.15) is 0 Å². The third-order valence-corrected chi connectivity index (χ3v) is 6.59. The number of nitrogens with zero attached hydrogens (tertiary/aromatic N) is 3. The highest BCUT2D eigenvalue weighted by Crippen LogP contribution is 2.29. The van der Waals surface area contributed by atoms with Crippen LogP contribution in [0.2, 0.25) is 0 Å². The number of carbonyl (C=O) groups excluding carboxylic acids is 1. The molecule has 2 heterocycles. The lowest BCUT2D eigenvalue weighted by Crippen LogP contribution is -2.34. The molecule has 0 bridgehead atoms. The number of anilines is 1. The lowest BCUT2D eigenvalue weighted by Gasteiger charge is -2.33. The van der Waals surface area contributed by atoms with Crippen LogP contribution in [-0.2, 0) is 17.8 Å². The Balaban J connectivity index is 1.37. The number of nitrogens with one attached hydrogen (secondary N) is 1. The number of aryl methyl sites for hydroxylation is 1. The van der Waals surface area contributed by atoms with Crippen LogP contribution in [0.15, 0.2) is 42.5 Å². The first kappa shape index (κ1) is 26.0. The van der Waals surface area contributed by atoms with Crippen molar-refractivity contribution in [2.24, 2.45) is 5.92 Å². The monoisotopic (exact) mass is 508 g/mol. The van der Waals surface area contributed by atoms with E-state index in [1.807, 2.05) is 24.3 Å². The SMILES string of the molecule is Cc1nc(CC2CCN(c3ccc(-c4ccc(CO)c(F)c4)cc3)CC2)nc(C(=O)NCC(=O)O)c1O. The van der Waals surface area contributed by atoms with Crippen molar-refractivity contribution in [2.45, 2.75) is 32.8 Å². The largest absolute Gasteiger partial charge is 0.504 e. The third kappa shape index (κ3) is 6.21. The molecule has 9 nitrogen and oxygen atoms in total. The highest BCUT2D eigenvalue weighted by Gasteiger charge is 2.23. The number of amides is 1. The molecular formula is C27H29FN4O5.